The van der Waals surface area contributed by atoms with E-state index in [0.29, 0.717) is 0 Å². The van der Waals surface area contributed by atoms with Gasteiger partial charge in [0.1, 0.15) is 5.75 Å². The fourth-order valence-electron chi connectivity index (χ4n) is 2.67. The van der Waals surface area contributed by atoms with Crippen molar-refractivity contribution in [1.82, 2.24) is 15.1 Å². The summed E-state index contributed by atoms with van der Waals surface area (Å²) in [5, 5.41) is 7.88. The quantitative estimate of drug-likeness (QED) is 0.832. The normalized spacial score (nSPS) is 13.3. The minimum atomic E-state index is 0.763. The van der Waals surface area contributed by atoms with Gasteiger partial charge in [0.15, 0.2) is 0 Å². The van der Waals surface area contributed by atoms with Gasteiger partial charge in [-0.15, -0.1) is 0 Å². The summed E-state index contributed by atoms with van der Waals surface area (Å²) in [6, 6.07) is 4.27. The number of nitrogens with zero attached hydrogens (tertiary/aromatic N) is 2. The van der Waals surface area contributed by atoms with Gasteiger partial charge in [0.25, 0.3) is 0 Å². The van der Waals surface area contributed by atoms with Gasteiger partial charge in [-0.3, -0.25) is 4.68 Å². The van der Waals surface area contributed by atoms with Crippen molar-refractivity contribution in [1.29, 1.82) is 0 Å². The van der Waals surface area contributed by atoms with E-state index >= 15 is 0 Å². The molecule has 112 valence electrons. The fraction of sp³-hybridized carbons (Fsp3) is 0.400. The largest absolute Gasteiger partial charge is 0.493 e. The van der Waals surface area contributed by atoms with Gasteiger partial charge in [0.2, 0.25) is 0 Å². The molecule has 0 unspecified atom stereocenters. The van der Waals surface area contributed by atoms with Crippen LogP contribution in [0.25, 0.3) is 0 Å². The summed E-state index contributed by atoms with van der Waals surface area (Å²) in [7, 11) is 1.97. The molecule has 0 amide bonds. The van der Waals surface area contributed by atoms with Crippen LogP contribution >= 0.6 is 31.9 Å². The fourth-order valence-corrected chi connectivity index (χ4v) is 3.69. The molecule has 0 saturated carbocycles. The maximum Gasteiger partial charge on any atom is 0.127 e. The SMILES string of the molecule is Cc1nn(C)c(CNCc2cc(Br)cc3c2OCC3)c1Br. The van der Waals surface area contributed by atoms with Crippen molar-refractivity contribution in [3.8, 4) is 5.75 Å². The van der Waals surface area contributed by atoms with E-state index < -0.39 is 0 Å². The molecule has 0 spiro atoms. The molecular formula is C15H17Br2N3O. The third-order valence-electron chi connectivity index (χ3n) is 3.69. The van der Waals surface area contributed by atoms with Gasteiger partial charge >= 0.3 is 0 Å². The van der Waals surface area contributed by atoms with Crippen molar-refractivity contribution in [2.45, 2.75) is 26.4 Å². The van der Waals surface area contributed by atoms with Crippen LogP contribution in [0.2, 0.25) is 0 Å². The third-order valence-corrected chi connectivity index (χ3v) is 5.18. The Morgan fingerprint density at radius 2 is 2.14 bits per heavy atom. The summed E-state index contributed by atoms with van der Waals surface area (Å²) < 4.78 is 9.85. The van der Waals surface area contributed by atoms with Gasteiger partial charge in [-0.05, 0) is 40.5 Å². The zero-order valence-corrected chi connectivity index (χ0v) is 15.2. The number of ether oxygens (including phenoxy) is 1. The minimum Gasteiger partial charge on any atom is -0.493 e. The molecule has 3 rings (SSSR count). The Kier molecular flexibility index (Phi) is 4.38. The minimum absolute atomic E-state index is 0.763. The standard InChI is InChI=1S/C15H17Br2N3O/c1-9-14(17)13(20(2)19-9)8-18-7-11-6-12(16)5-10-3-4-21-15(10)11/h5-6,18H,3-4,7-8H2,1-2H3. The van der Waals surface area contributed by atoms with Crippen LogP contribution in [0.4, 0.5) is 0 Å². The van der Waals surface area contributed by atoms with E-state index in [-0.39, 0.29) is 0 Å². The topological polar surface area (TPSA) is 39.1 Å². The molecule has 0 aliphatic carbocycles. The molecule has 1 aliphatic heterocycles. The molecule has 6 heteroatoms. The zero-order chi connectivity index (χ0) is 15.0. The number of rotatable bonds is 4. The highest BCUT2D eigenvalue weighted by Gasteiger charge is 2.17. The summed E-state index contributed by atoms with van der Waals surface area (Å²) in [5.74, 6) is 1.05. The molecule has 2 heterocycles. The molecule has 0 fully saturated rings. The molecule has 1 aromatic carbocycles. The lowest BCUT2D eigenvalue weighted by Gasteiger charge is -2.11. The monoisotopic (exact) mass is 413 g/mol. The Balaban J connectivity index is 1.71. The van der Waals surface area contributed by atoms with Crippen molar-refractivity contribution >= 4 is 31.9 Å². The lowest BCUT2D eigenvalue weighted by atomic mass is 10.1. The summed E-state index contributed by atoms with van der Waals surface area (Å²) in [6.45, 7) is 4.32. The first-order valence-electron chi connectivity index (χ1n) is 6.89. The van der Waals surface area contributed by atoms with E-state index in [1.807, 2.05) is 18.7 Å². The Morgan fingerprint density at radius 1 is 1.33 bits per heavy atom. The van der Waals surface area contributed by atoms with Crippen molar-refractivity contribution in [3.63, 3.8) is 0 Å². The molecule has 4 nitrogen and oxygen atoms in total. The molecular weight excluding hydrogens is 398 g/mol. The lowest BCUT2D eigenvalue weighted by Crippen LogP contribution is -2.16. The predicted octanol–water partition coefficient (Wildman–Crippen LogP) is 3.48. The maximum absolute atomic E-state index is 5.75. The lowest BCUT2D eigenvalue weighted by molar-refractivity contribution is 0.352. The van der Waals surface area contributed by atoms with Crippen LogP contribution < -0.4 is 10.1 Å². The highest BCUT2D eigenvalue weighted by atomic mass is 79.9. The number of hydrogen-bond acceptors (Lipinski definition) is 3. The van der Waals surface area contributed by atoms with Crippen LogP contribution in [0.3, 0.4) is 0 Å². The smallest absolute Gasteiger partial charge is 0.127 e. The summed E-state index contributed by atoms with van der Waals surface area (Å²) in [4.78, 5) is 0. The zero-order valence-electron chi connectivity index (χ0n) is 12.0. The van der Waals surface area contributed by atoms with Crippen molar-refractivity contribution < 1.29 is 4.74 Å². The highest BCUT2D eigenvalue weighted by Crippen LogP contribution is 2.33. The number of hydrogen-bond donors (Lipinski definition) is 1. The van der Waals surface area contributed by atoms with E-state index in [2.05, 4.69) is 54.4 Å². The van der Waals surface area contributed by atoms with Crippen LogP contribution in [0.1, 0.15) is 22.5 Å². The highest BCUT2D eigenvalue weighted by molar-refractivity contribution is 9.10. The Labute approximate surface area is 141 Å². The number of fused-ring (bicyclic) bond motifs is 1. The average Bonchev–Trinajstić information content (AvgIpc) is 2.98. The number of aryl methyl sites for hydroxylation is 2. The second-order valence-corrected chi connectivity index (χ2v) is 6.93. The number of halogens is 2. The third kappa shape index (κ3) is 3.03. The van der Waals surface area contributed by atoms with Gasteiger partial charge in [-0.2, -0.15) is 5.10 Å². The molecule has 2 aromatic rings. The van der Waals surface area contributed by atoms with Crippen LogP contribution in [-0.2, 0) is 26.6 Å². The Bertz CT molecular complexity index is 682. The molecule has 0 atom stereocenters. The molecule has 0 bridgehead atoms. The molecule has 0 saturated heterocycles. The number of nitrogens with one attached hydrogen (secondary N) is 1. The van der Waals surface area contributed by atoms with Crippen LogP contribution in [-0.4, -0.2) is 16.4 Å². The summed E-state index contributed by atoms with van der Waals surface area (Å²) in [5.41, 5.74) is 4.66. The van der Waals surface area contributed by atoms with Gasteiger partial charge in [-0.25, -0.2) is 0 Å². The Morgan fingerprint density at radius 3 is 2.86 bits per heavy atom. The summed E-state index contributed by atoms with van der Waals surface area (Å²) >= 11 is 7.17. The number of benzene rings is 1. The average molecular weight is 415 g/mol. The molecule has 0 radical (unpaired) electrons. The second-order valence-electron chi connectivity index (χ2n) is 5.22. The first-order valence-corrected chi connectivity index (χ1v) is 8.47. The van der Waals surface area contributed by atoms with Crippen LogP contribution in [0.5, 0.6) is 5.75 Å². The maximum atomic E-state index is 5.75. The van der Waals surface area contributed by atoms with Gasteiger partial charge < -0.3 is 10.1 Å². The molecule has 1 aliphatic rings. The van der Waals surface area contributed by atoms with Crippen LogP contribution in [0.15, 0.2) is 21.1 Å². The summed E-state index contributed by atoms with van der Waals surface area (Å²) in [6.07, 6.45) is 0.994. The van der Waals surface area contributed by atoms with Crippen molar-refractivity contribution in [2.24, 2.45) is 7.05 Å². The van der Waals surface area contributed by atoms with Crippen molar-refractivity contribution in [2.75, 3.05) is 6.61 Å². The number of aromatic nitrogens is 2. The molecule has 1 N–H and O–H groups in total. The first kappa shape index (κ1) is 15.1. The van der Waals surface area contributed by atoms with Crippen LogP contribution in [0, 0.1) is 6.92 Å². The Hall–Kier alpha value is -0.850. The van der Waals surface area contributed by atoms with Gasteiger partial charge in [0.05, 0.1) is 22.5 Å². The predicted molar refractivity (Wildman–Crippen MR) is 89.5 cm³/mol. The van der Waals surface area contributed by atoms with E-state index in [1.165, 1.54) is 11.1 Å². The second kappa shape index (κ2) is 6.10. The van der Waals surface area contributed by atoms with E-state index in [4.69, 9.17) is 4.74 Å². The molecule has 1 aromatic heterocycles. The van der Waals surface area contributed by atoms with Crippen molar-refractivity contribution in [3.05, 3.63) is 43.6 Å². The van der Waals surface area contributed by atoms with Gasteiger partial charge in [-0.1, -0.05) is 15.9 Å². The van der Waals surface area contributed by atoms with E-state index in [1.54, 1.807) is 0 Å². The van der Waals surface area contributed by atoms with Gasteiger partial charge in [0, 0.05) is 36.6 Å². The first-order chi connectivity index (χ1) is 10.1. The van der Waals surface area contributed by atoms with E-state index in [0.717, 1.165) is 52.2 Å². The molecule has 21 heavy (non-hydrogen) atoms. The van der Waals surface area contributed by atoms with E-state index in [9.17, 15) is 0 Å².